The van der Waals surface area contributed by atoms with E-state index >= 15 is 0 Å². The average molecular weight is 490 g/mol. The van der Waals surface area contributed by atoms with E-state index in [0.29, 0.717) is 11.3 Å². The zero-order chi connectivity index (χ0) is 25.0. The highest BCUT2D eigenvalue weighted by Crippen LogP contribution is 2.43. The minimum absolute atomic E-state index is 0.0841. The lowest BCUT2D eigenvalue weighted by molar-refractivity contribution is -0.140. The van der Waals surface area contributed by atoms with Crippen LogP contribution in [0, 0.1) is 0 Å². The maximum absolute atomic E-state index is 13.1. The highest BCUT2D eigenvalue weighted by Gasteiger charge is 2.46. The second-order valence-electron chi connectivity index (χ2n) is 7.34. The monoisotopic (exact) mass is 489 g/mol. The first-order chi connectivity index (χ1) is 16.2. The topological polar surface area (TPSA) is 112 Å². The molecule has 1 amide bonds. The summed E-state index contributed by atoms with van der Waals surface area (Å²) in [4.78, 5) is 38.8. The zero-order valence-electron chi connectivity index (χ0n) is 19.1. The number of likely N-dealkylation sites (tertiary alicyclic amines) is 1. The Morgan fingerprint density at radius 1 is 1.09 bits per heavy atom. The number of nitrogens with zero attached hydrogens (tertiary/aromatic N) is 1. The molecule has 0 bridgehead atoms. The van der Waals surface area contributed by atoms with Gasteiger partial charge in [-0.1, -0.05) is 23.7 Å². The maximum atomic E-state index is 13.1. The Morgan fingerprint density at radius 2 is 1.79 bits per heavy atom. The number of aliphatic hydroxyl groups excluding tert-OH is 1. The molecular weight excluding hydrogens is 466 g/mol. The summed E-state index contributed by atoms with van der Waals surface area (Å²) in [5, 5.41) is 11.5. The third-order valence-electron chi connectivity index (χ3n) is 5.24. The van der Waals surface area contributed by atoms with Gasteiger partial charge < -0.3 is 29.0 Å². The number of rotatable bonds is 8. The van der Waals surface area contributed by atoms with Gasteiger partial charge in [0.05, 0.1) is 43.0 Å². The maximum Gasteiger partial charge on any atom is 0.308 e. The van der Waals surface area contributed by atoms with Gasteiger partial charge in [-0.2, -0.15) is 0 Å². The van der Waals surface area contributed by atoms with Crippen molar-refractivity contribution >= 4 is 35.0 Å². The number of Topliss-reactive ketones (excluding diaryl/α,β-unsaturated/α-hetero) is 1. The number of carbonyl (C=O) groups is 3. The molecule has 1 atom stereocenters. The number of hydrogen-bond acceptors (Lipinski definition) is 8. The van der Waals surface area contributed by atoms with Crippen molar-refractivity contribution < 1.29 is 38.4 Å². The molecule has 1 saturated heterocycles. The van der Waals surface area contributed by atoms with Gasteiger partial charge in [0.15, 0.2) is 0 Å². The number of esters is 1. The molecule has 0 saturated carbocycles. The van der Waals surface area contributed by atoms with E-state index < -0.39 is 29.5 Å². The number of amides is 1. The number of benzene rings is 2. The molecule has 180 valence electrons. The van der Waals surface area contributed by atoms with Crippen LogP contribution in [0.3, 0.4) is 0 Å². The Balaban J connectivity index is 2.24. The van der Waals surface area contributed by atoms with Crippen molar-refractivity contribution in [3.8, 4) is 17.2 Å². The van der Waals surface area contributed by atoms with E-state index in [2.05, 4.69) is 0 Å². The molecule has 10 heteroatoms. The van der Waals surface area contributed by atoms with Crippen LogP contribution in [-0.4, -0.2) is 62.1 Å². The van der Waals surface area contributed by atoms with E-state index in [1.165, 1.54) is 51.4 Å². The Hall–Kier alpha value is -3.56. The molecule has 1 fully saturated rings. The Kier molecular flexibility index (Phi) is 7.80. The molecule has 0 aliphatic carbocycles. The lowest BCUT2D eigenvalue weighted by Gasteiger charge is -2.25. The van der Waals surface area contributed by atoms with Gasteiger partial charge in [-0.25, -0.2) is 0 Å². The highest BCUT2D eigenvalue weighted by atomic mass is 35.5. The van der Waals surface area contributed by atoms with Crippen LogP contribution in [0.2, 0.25) is 5.02 Å². The van der Waals surface area contributed by atoms with Crippen LogP contribution in [0.15, 0.2) is 42.0 Å². The average Bonchev–Trinajstić information content (AvgIpc) is 3.06. The van der Waals surface area contributed by atoms with Crippen LogP contribution in [-0.2, 0) is 19.1 Å². The molecule has 0 radical (unpaired) electrons. The minimum atomic E-state index is -0.976. The fourth-order valence-corrected chi connectivity index (χ4v) is 3.99. The van der Waals surface area contributed by atoms with Crippen molar-refractivity contribution in [1.29, 1.82) is 0 Å². The van der Waals surface area contributed by atoms with Crippen LogP contribution in [0.4, 0.5) is 0 Å². The van der Waals surface area contributed by atoms with Gasteiger partial charge >= 0.3 is 5.97 Å². The summed E-state index contributed by atoms with van der Waals surface area (Å²) in [5.41, 5.74) is 0.397. The van der Waals surface area contributed by atoms with E-state index in [1.807, 2.05) is 0 Å². The first-order valence-electron chi connectivity index (χ1n) is 10.2. The van der Waals surface area contributed by atoms with Crippen molar-refractivity contribution in [2.45, 2.75) is 13.0 Å². The van der Waals surface area contributed by atoms with Gasteiger partial charge in [0.2, 0.25) is 0 Å². The van der Waals surface area contributed by atoms with Gasteiger partial charge in [0, 0.05) is 26.6 Å². The summed E-state index contributed by atoms with van der Waals surface area (Å²) in [6.45, 7) is 1.50. The third-order valence-corrected chi connectivity index (χ3v) is 5.54. The molecule has 1 aliphatic heterocycles. The summed E-state index contributed by atoms with van der Waals surface area (Å²) in [7, 11) is 4.28. The van der Waals surface area contributed by atoms with Crippen LogP contribution in [0.1, 0.15) is 24.1 Å². The number of methoxy groups -OCH3 is 3. The molecule has 1 N–H and O–H groups in total. The number of halogens is 1. The number of ether oxygens (including phenoxy) is 4. The van der Waals surface area contributed by atoms with E-state index in [9.17, 15) is 19.5 Å². The molecule has 1 heterocycles. The smallest absolute Gasteiger partial charge is 0.308 e. The Morgan fingerprint density at radius 3 is 2.41 bits per heavy atom. The Labute approximate surface area is 201 Å². The van der Waals surface area contributed by atoms with E-state index in [0.717, 1.165) is 0 Å². The number of carbonyl (C=O) groups excluding carboxylic acids is 3. The van der Waals surface area contributed by atoms with Crippen LogP contribution < -0.4 is 14.2 Å². The van der Waals surface area contributed by atoms with Crippen molar-refractivity contribution in [3.63, 3.8) is 0 Å². The van der Waals surface area contributed by atoms with Gasteiger partial charge in [-0.15, -0.1) is 0 Å². The van der Waals surface area contributed by atoms with Crippen molar-refractivity contribution in [1.82, 2.24) is 4.90 Å². The quantitative estimate of drug-likeness (QED) is 0.197. The Bertz CT molecular complexity index is 1160. The van der Waals surface area contributed by atoms with Gasteiger partial charge in [0.1, 0.15) is 23.0 Å². The predicted molar refractivity (Wildman–Crippen MR) is 123 cm³/mol. The number of hydrogen-bond donors (Lipinski definition) is 1. The summed E-state index contributed by atoms with van der Waals surface area (Å²) < 4.78 is 20.8. The minimum Gasteiger partial charge on any atom is -0.507 e. The van der Waals surface area contributed by atoms with Crippen LogP contribution >= 0.6 is 11.6 Å². The molecule has 0 aromatic heterocycles. The van der Waals surface area contributed by atoms with E-state index in [-0.39, 0.29) is 40.8 Å². The molecule has 3 rings (SSSR count). The molecule has 2 aromatic rings. The first kappa shape index (κ1) is 25.1. The van der Waals surface area contributed by atoms with Crippen LogP contribution in [0.25, 0.3) is 5.76 Å². The highest BCUT2D eigenvalue weighted by molar-refractivity contribution is 6.46. The molecule has 0 spiro atoms. The largest absolute Gasteiger partial charge is 0.507 e. The fraction of sp³-hybridized carbons (Fsp3) is 0.292. The summed E-state index contributed by atoms with van der Waals surface area (Å²) in [6.07, 6.45) is 0. The van der Waals surface area contributed by atoms with Gasteiger partial charge in [0.25, 0.3) is 11.7 Å². The second-order valence-corrected chi connectivity index (χ2v) is 7.75. The lowest BCUT2D eigenvalue weighted by Crippen LogP contribution is -2.32. The summed E-state index contributed by atoms with van der Waals surface area (Å²) >= 11 is 6.25. The second kappa shape index (κ2) is 10.6. The number of ketones is 1. The molecule has 2 aromatic carbocycles. The SMILES string of the molecule is COCCN1C(=O)C(=O)/C(=C(/O)c2cc(Cl)c(OC)cc2OC)C1c1cccc(OC(C)=O)c1. The lowest BCUT2D eigenvalue weighted by atomic mass is 9.94. The molecule has 34 heavy (non-hydrogen) atoms. The van der Waals surface area contributed by atoms with Crippen LogP contribution in [0.5, 0.6) is 17.2 Å². The first-order valence-corrected chi connectivity index (χ1v) is 10.6. The molecule has 1 unspecified atom stereocenters. The summed E-state index contributed by atoms with van der Waals surface area (Å²) in [6, 6.07) is 8.26. The van der Waals surface area contributed by atoms with Crippen molar-refractivity contribution in [2.24, 2.45) is 0 Å². The fourth-order valence-electron chi connectivity index (χ4n) is 3.75. The van der Waals surface area contributed by atoms with Gasteiger partial charge in [-0.3, -0.25) is 14.4 Å². The summed E-state index contributed by atoms with van der Waals surface area (Å²) in [5.74, 6) is -1.96. The standard InChI is InChI=1S/C24H24ClNO8/c1-13(27)34-15-7-5-6-14(10-15)21-20(23(29)24(30)26(21)8-9-31-2)22(28)16-11-17(25)19(33-4)12-18(16)32-3/h5-7,10-12,21,28H,8-9H2,1-4H3/b22-20+. The van der Waals surface area contributed by atoms with E-state index in [4.69, 9.17) is 30.5 Å². The van der Waals surface area contributed by atoms with Crippen molar-refractivity contribution in [2.75, 3.05) is 34.5 Å². The van der Waals surface area contributed by atoms with Crippen molar-refractivity contribution in [3.05, 3.63) is 58.1 Å². The predicted octanol–water partition coefficient (Wildman–Crippen LogP) is 3.35. The molecule has 9 nitrogen and oxygen atoms in total. The molecule has 1 aliphatic rings. The molecular formula is C24H24ClNO8. The normalized spacial score (nSPS) is 17.1. The zero-order valence-corrected chi connectivity index (χ0v) is 19.8. The number of aliphatic hydroxyl groups is 1. The van der Waals surface area contributed by atoms with Gasteiger partial charge in [-0.05, 0) is 23.8 Å². The third kappa shape index (κ3) is 4.85. The van der Waals surface area contributed by atoms with E-state index in [1.54, 1.807) is 18.2 Å².